The predicted molar refractivity (Wildman–Crippen MR) is 120 cm³/mol. The molecule has 164 valence electrons. The second kappa shape index (κ2) is 8.52. The Balaban J connectivity index is 1.42. The van der Waals surface area contributed by atoms with E-state index in [9.17, 15) is 14.9 Å². The zero-order chi connectivity index (χ0) is 22.8. The average Bonchev–Trinajstić information content (AvgIpc) is 3.61. The summed E-state index contributed by atoms with van der Waals surface area (Å²) in [5, 5.41) is 32.8. The van der Waals surface area contributed by atoms with Gasteiger partial charge in [0.15, 0.2) is 0 Å². The van der Waals surface area contributed by atoms with Crippen LogP contribution in [-0.2, 0) is 4.79 Å². The Hall–Kier alpha value is -4.56. The highest BCUT2D eigenvalue weighted by molar-refractivity contribution is 6.10. The molecule has 1 fully saturated rings. The van der Waals surface area contributed by atoms with Crippen molar-refractivity contribution in [1.82, 2.24) is 30.9 Å². The Kier molecular flexibility index (Phi) is 5.26. The normalized spacial score (nSPS) is 15.3. The van der Waals surface area contributed by atoms with Crippen molar-refractivity contribution in [1.29, 1.82) is 5.26 Å². The first-order valence-corrected chi connectivity index (χ1v) is 10.4. The maximum Gasteiger partial charge on any atom is 0.272 e. The molecule has 3 heterocycles. The minimum absolute atomic E-state index is 0.0945. The van der Waals surface area contributed by atoms with Crippen molar-refractivity contribution in [3.8, 4) is 17.5 Å². The largest absolute Gasteiger partial charge is 0.349 e. The summed E-state index contributed by atoms with van der Waals surface area (Å²) in [6.45, 7) is 0.830. The van der Waals surface area contributed by atoms with Crippen LogP contribution in [0.25, 0.3) is 22.3 Å². The highest BCUT2D eigenvalue weighted by Crippen LogP contribution is 2.28. The quantitative estimate of drug-likeness (QED) is 0.317. The lowest BCUT2D eigenvalue weighted by Gasteiger charge is -2.11. The van der Waals surface area contributed by atoms with Crippen LogP contribution in [0, 0.1) is 11.3 Å². The summed E-state index contributed by atoms with van der Waals surface area (Å²) in [7, 11) is 0. The first-order chi connectivity index (χ1) is 16.1. The Morgan fingerprint density at radius 1 is 1.12 bits per heavy atom. The highest BCUT2D eigenvalue weighted by Gasteiger charge is 2.23. The molecule has 5 rings (SSSR count). The molecule has 1 atom stereocenters. The maximum atomic E-state index is 13.0. The molecular formula is C22H19N9O2. The zero-order valence-corrected chi connectivity index (χ0v) is 17.3. The van der Waals surface area contributed by atoms with Crippen LogP contribution in [0.3, 0.4) is 0 Å². The number of nitrogens with one attached hydrogen (secondary N) is 5. The minimum atomic E-state index is -0.393. The third kappa shape index (κ3) is 4.02. The molecule has 2 amide bonds. The molecular weight excluding hydrogens is 422 g/mol. The molecule has 5 N–H and O–H groups in total. The molecule has 11 nitrogen and oxygen atoms in total. The number of carbonyl (C=O) groups is 2. The first kappa shape index (κ1) is 20.3. The molecule has 0 saturated carbocycles. The number of para-hydroxylation sites is 1. The number of nitriles is 1. The SMILES string of the molecule is N#Cc1ccc(NC(=O)c2cc3cccc(NC(=O)[C@@H]4CCCN4)c3[nH]2)c(-c2nn[nH]n2)c1. The highest BCUT2D eigenvalue weighted by atomic mass is 16.2. The molecule has 1 saturated heterocycles. The van der Waals surface area contributed by atoms with E-state index < -0.39 is 5.91 Å². The molecule has 33 heavy (non-hydrogen) atoms. The zero-order valence-electron chi connectivity index (χ0n) is 17.3. The van der Waals surface area contributed by atoms with Crippen molar-refractivity contribution in [2.75, 3.05) is 17.2 Å². The van der Waals surface area contributed by atoms with E-state index in [4.69, 9.17) is 0 Å². The van der Waals surface area contributed by atoms with Gasteiger partial charge in [0.2, 0.25) is 11.7 Å². The van der Waals surface area contributed by atoms with E-state index in [1.54, 1.807) is 30.3 Å². The van der Waals surface area contributed by atoms with E-state index in [1.165, 1.54) is 0 Å². The predicted octanol–water partition coefficient (Wildman–Crippen LogP) is 2.16. The van der Waals surface area contributed by atoms with Gasteiger partial charge in [0, 0.05) is 10.9 Å². The van der Waals surface area contributed by atoms with Crippen molar-refractivity contribution in [2.45, 2.75) is 18.9 Å². The number of nitrogens with zero attached hydrogens (tertiary/aromatic N) is 4. The third-order valence-electron chi connectivity index (χ3n) is 5.52. The summed E-state index contributed by atoms with van der Waals surface area (Å²) in [6.07, 6.45) is 1.77. The third-order valence-corrected chi connectivity index (χ3v) is 5.52. The number of benzene rings is 2. The van der Waals surface area contributed by atoms with Crippen molar-refractivity contribution in [2.24, 2.45) is 0 Å². The summed E-state index contributed by atoms with van der Waals surface area (Å²) in [5.74, 6) is -0.233. The Morgan fingerprint density at radius 2 is 2.03 bits per heavy atom. The number of aromatic nitrogens is 5. The van der Waals surface area contributed by atoms with Crippen molar-refractivity contribution < 1.29 is 9.59 Å². The van der Waals surface area contributed by atoms with E-state index in [-0.39, 0.29) is 17.8 Å². The second-order valence-corrected chi connectivity index (χ2v) is 7.65. The van der Waals surface area contributed by atoms with Gasteiger partial charge < -0.3 is 20.9 Å². The number of carbonyl (C=O) groups excluding carboxylic acids is 2. The molecule has 0 aliphatic carbocycles. The number of H-pyrrole nitrogens is 2. The second-order valence-electron chi connectivity index (χ2n) is 7.65. The van der Waals surface area contributed by atoms with Crippen molar-refractivity contribution in [3.05, 3.63) is 53.7 Å². The van der Waals surface area contributed by atoms with Crippen molar-refractivity contribution in [3.63, 3.8) is 0 Å². The molecule has 4 aromatic rings. The molecule has 11 heteroatoms. The standard InChI is InChI=1S/C22H19N9O2/c23-11-12-6-7-15(14(9-12)20-28-30-31-29-20)26-22(33)18-10-13-3-1-4-16(19(13)25-18)27-21(32)17-5-2-8-24-17/h1,3-4,6-7,9-10,17,24-25H,2,5,8H2,(H,26,33)(H,27,32)(H,28,29,30,31)/t17-/m0/s1. The minimum Gasteiger partial charge on any atom is -0.349 e. The summed E-state index contributed by atoms with van der Waals surface area (Å²) in [4.78, 5) is 28.7. The van der Waals surface area contributed by atoms with Gasteiger partial charge in [-0.2, -0.15) is 10.5 Å². The van der Waals surface area contributed by atoms with E-state index in [0.29, 0.717) is 33.7 Å². The first-order valence-electron chi connectivity index (χ1n) is 10.4. The van der Waals surface area contributed by atoms with Crippen LogP contribution in [-0.4, -0.2) is 50.0 Å². The molecule has 2 aromatic carbocycles. The van der Waals surface area contributed by atoms with Crippen LogP contribution in [0.4, 0.5) is 11.4 Å². The number of rotatable bonds is 5. The van der Waals surface area contributed by atoms with E-state index >= 15 is 0 Å². The average molecular weight is 441 g/mol. The number of aromatic amines is 2. The van der Waals surface area contributed by atoms with E-state index in [2.05, 4.69) is 47.6 Å². The summed E-state index contributed by atoms with van der Waals surface area (Å²) in [5.41, 5.74) is 2.87. The van der Waals surface area contributed by atoms with Gasteiger partial charge in [0.1, 0.15) is 5.69 Å². The number of amides is 2. The summed E-state index contributed by atoms with van der Waals surface area (Å²) >= 11 is 0. The summed E-state index contributed by atoms with van der Waals surface area (Å²) < 4.78 is 0. The smallest absolute Gasteiger partial charge is 0.272 e. The van der Waals surface area contributed by atoms with Crippen LogP contribution in [0.5, 0.6) is 0 Å². The van der Waals surface area contributed by atoms with E-state index in [1.807, 2.05) is 12.1 Å². The Morgan fingerprint density at radius 3 is 2.79 bits per heavy atom. The lowest BCUT2D eigenvalue weighted by atomic mass is 10.1. The fourth-order valence-corrected chi connectivity index (χ4v) is 3.88. The molecule has 1 aliphatic heterocycles. The van der Waals surface area contributed by atoms with E-state index in [0.717, 1.165) is 24.8 Å². The van der Waals surface area contributed by atoms with Gasteiger partial charge in [0.25, 0.3) is 5.91 Å². The van der Waals surface area contributed by atoms with Gasteiger partial charge in [0.05, 0.1) is 34.6 Å². The van der Waals surface area contributed by atoms with Gasteiger partial charge >= 0.3 is 0 Å². The van der Waals surface area contributed by atoms with Crippen molar-refractivity contribution >= 4 is 34.1 Å². The number of fused-ring (bicyclic) bond motifs is 1. The van der Waals surface area contributed by atoms with Crippen LogP contribution in [0.15, 0.2) is 42.5 Å². The van der Waals surface area contributed by atoms with Gasteiger partial charge in [-0.25, -0.2) is 0 Å². The number of hydrogen-bond donors (Lipinski definition) is 5. The van der Waals surface area contributed by atoms with Gasteiger partial charge in [-0.1, -0.05) is 12.1 Å². The Bertz CT molecular complexity index is 1380. The number of anilines is 2. The van der Waals surface area contributed by atoms with Gasteiger partial charge in [-0.05, 0) is 54.9 Å². The molecule has 0 radical (unpaired) electrons. The van der Waals surface area contributed by atoms with Crippen LogP contribution >= 0.6 is 0 Å². The van der Waals surface area contributed by atoms with Crippen LogP contribution in [0.2, 0.25) is 0 Å². The molecule has 0 bridgehead atoms. The topological polar surface area (TPSA) is 164 Å². The fraction of sp³-hybridized carbons (Fsp3) is 0.182. The molecule has 1 aliphatic rings. The van der Waals surface area contributed by atoms with Crippen LogP contribution < -0.4 is 16.0 Å². The summed E-state index contributed by atoms with van der Waals surface area (Å²) in [6, 6.07) is 13.8. The van der Waals surface area contributed by atoms with Gasteiger partial charge in [-0.15, -0.1) is 10.2 Å². The number of hydrogen-bond acceptors (Lipinski definition) is 7. The molecule has 2 aromatic heterocycles. The number of tetrazole rings is 1. The van der Waals surface area contributed by atoms with Crippen LogP contribution in [0.1, 0.15) is 28.9 Å². The fourth-order valence-electron chi connectivity index (χ4n) is 3.88. The molecule has 0 spiro atoms. The lowest BCUT2D eigenvalue weighted by Crippen LogP contribution is -2.35. The Labute approximate surface area is 187 Å². The monoisotopic (exact) mass is 441 g/mol. The maximum absolute atomic E-state index is 13.0. The molecule has 0 unspecified atom stereocenters. The lowest BCUT2D eigenvalue weighted by molar-refractivity contribution is -0.117. The van der Waals surface area contributed by atoms with Gasteiger partial charge in [-0.3, -0.25) is 9.59 Å².